The SMILES string of the molecule is Cn1cnnc1-c1cccc(NS(=O)(=O)c2cc3c(cc2Cl)NC(=O)C3)c1. The summed E-state index contributed by atoms with van der Waals surface area (Å²) in [5.74, 6) is 0.413. The molecule has 0 spiro atoms. The average molecular weight is 404 g/mol. The van der Waals surface area contributed by atoms with Crippen molar-refractivity contribution < 1.29 is 13.2 Å². The maximum absolute atomic E-state index is 12.8. The van der Waals surface area contributed by atoms with Crippen molar-refractivity contribution in [1.82, 2.24) is 14.8 Å². The van der Waals surface area contributed by atoms with E-state index in [0.717, 1.165) is 0 Å². The number of nitrogens with zero attached hydrogens (tertiary/aromatic N) is 3. The number of aromatic nitrogens is 3. The lowest BCUT2D eigenvalue weighted by molar-refractivity contribution is -0.115. The van der Waals surface area contributed by atoms with Crippen molar-refractivity contribution in [1.29, 1.82) is 0 Å². The molecule has 2 N–H and O–H groups in total. The molecule has 0 fully saturated rings. The van der Waals surface area contributed by atoms with Crippen molar-refractivity contribution in [3.05, 3.63) is 53.3 Å². The predicted molar refractivity (Wildman–Crippen MR) is 101 cm³/mol. The van der Waals surface area contributed by atoms with E-state index in [1.54, 1.807) is 36.1 Å². The van der Waals surface area contributed by atoms with Crippen LogP contribution in [-0.4, -0.2) is 29.1 Å². The molecule has 0 unspecified atom stereocenters. The minimum Gasteiger partial charge on any atom is -0.325 e. The molecule has 0 saturated carbocycles. The zero-order valence-electron chi connectivity index (χ0n) is 14.1. The third-order valence-corrected chi connectivity index (χ3v) is 6.00. The van der Waals surface area contributed by atoms with Crippen molar-refractivity contribution >= 4 is 38.9 Å². The van der Waals surface area contributed by atoms with Crippen LogP contribution < -0.4 is 10.0 Å². The Labute approximate surface area is 160 Å². The normalized spacial score (nSPS) is 13.3. The number of amides is 1. The maximum Gasteiger partial charge on any atom is 0.263 e. The van der Waals surface area contributed by atoms with Gasteiger partial charge in [-0.25, -0.2) is 8.42 Å². The van der Waals surface area contributed by atoms with E-state index >= 15 is 0 Å². The van der Waals surface area contributed by atoms with Crippen molar-refractivity contribution in [3.63, 3.8) is 0 Å². The molecule has 0 radical (unpaired) electrons. The summed E-state index contributed by atoms with van der Waals surface area (Å²) < 4.78 is 29.9. The highest BCUT2D eigenvalue weighted by Gasteiger charge is 2.25. The molecular weight excluding hydrogens is 390 g/mol. The second-order valence-electron chi connectivity index (χ2n) is 6.12. The molecular formula is C17H14ClN5O3S. The van der Waals surface area contributed by atoms with Crippen molar-refractivity contribution in [2.75, 3.05) is 10.0 Å². The number of sulfonamides is 1. The number of fused-ring (bicyclic) bond motifs is 1. The van der Waals surface area contributed by atoms with Gasteiger partial charge in [-0.15, -0.1) is 10.2 Å². The highest BCUT2D eigenvalue weighted by Crippen LogP contribution is 2.33. The molecule has 1 aromatic heterocycles. The smallest absolute Gasteiger partial charge is 0.263 e. The Hall–Kier alpha value is -2.91. The van der Waals surface area contributed by atoms with Crippen LogP contribution in [-0.2, 0) is 28.3 Å². The fraction of sp³-hybridized carbons (Fsp3) is 0.118. The second-order valence-corrected chi connectivity index (χ2v) is 8.17. The van der Waals surface area contributed by atoms with Gasteiger partial charge in [0.1, 0.15) is 11.2 Å². The van der Waals surface area contributed by atoms with Gasteiger partial charge in [-0.2, -0.15) is 0 Å². The third kappa shape index (κ3) is 3.26. The summed E-state index contributed by atoms with van der Waals surface area (Å²) in [6.07, 6.45) is 1.68. The predicted octanol–water partition coefficient (Wildman–Crippen LogP) is 2.43. The number of carbonyl (C=O) groups excluding carboxylic acids is 1. The van der Waals surface area contributed by atoms with Crippen LogP contribution in [0.2, 0.25) is 5.02 Å². The van der Waals surface area contributed by atoms with Crippen molar-refractivity contribution in [2.24, 2.45) is 7.05 Å². The quantitative estimate of drug-likeness (QED) is 0.695. The maximum atomic E-state index is 12.8. The lowest BCUT2D eigenvalue weighted by Gasteiger charge is -2.12. The van der Waals surface area contributed by atoms with Crippen LogP contribution in [0.15, 0.2) is 47.6 Å². The van der Waals surface area contributed by atoms with Gasteiger partial charge in [0.05, 0.1) is 11.4 Å². The van der Waals surface area contributed by atoms with Gasteiger partial charge in [0.15, 0.2) is 5.82 Å². The number of rotatable bonds is 4. The molecule has 4 rings (SSSR count). The van der Waals surface area contributed by atoms with Gasteiger partial charge in [0.2, 0.25) is 5.91 Å². The first-order chi connectivity index (χ1) is 12.8. The summed E-state index contributed by atoms with van der Waals surface area (Å²) in [5.41, 5.74) is 2.21. The van der Waals surface area contributed by atoms with Crippen LogP contribution in [0.25, 0.3) is 11.4 Å². The molecule has 10 heteroatoms. The minimum absolute atomic E-state index is 0.0351. The van der Waals surface area contributed by atoms with Gasteiger partial charge < -0.3 is 9.88 Å². The molecule has 0 saturated heterocycles. The number of hydrogen-bond donors (Lipinski definition) is 2. The van der Waals surface area contributed by atoms with Crippen LogP contribution in [0, 0.1) is 0 Å². The van der Waals surface area contributed by atoms with E-state index in [1.807, 2.05) is 6.07 Å². The lowest BCUT2D eigenvalue weighted by Crippen LogP contribution is -2.14. The fourth-order valence-electron chi connectivity index (χ4n) is 2.91. The summed E-state index contributed by atoms with van der Waals surface area (Å²) >= 11 is 6.15. The number of halogens is 1. The molecule has 1 aliphatic heterocycles. The molecule has 0 bridgehead atoms. The summed E-state index contributed by atoms with van der Waals surface area (Å²) in [4.78, 5) is 11.4. The van der Waals surface area contributed by atoms with E-state index in [4.69, 9.17) is 11.6 Å². The van der Waals surface area contributed by atoms with Crippen LogP contribution in [0.3, 0.4) is 0 Å². The van der Waals surface area contributed by atoms with E-state index in [1.165, 1.54) is 12.1 Å². The van der Waals surface area contributed by atoms with Gasteiger partial charge in [-0.3, -0.25) is 9.52 Å². The fourth-order valence-corrected chi connectivity index (χ4v) is 4.54. The summed E-state index contributed by atoms with van der Waals surface area (Å²) in [7, 11) is -2.15. The summed E-state index contributed by atoms with van der Waals surface area (Å²) in [6, 6.07) is 9.69. The van der Waals surface area contributed by atoms with E-state index in [-0.39, 0.29) is 22.2 Å². The highest BCUT2D eigenvalue weighted by molar-refractivity contribution is 7.92. The first kappa shape index (κ1) is 17.5. The first-order valence-corrected chi connectivity index (χ1v) is 9.79. The summed E-state index contributed by atoms with van der Waals surface area (Å²) in [6.45, 7) is 0. The molecule has 0 aliphatic carbocycles. The number of anilines is 2. The van der Waals surface area contributed by atoms with Crippen molar-refractivity contribution in [2.45, 2.75) is 11.3 Å². The van der Waals surface area contributed by atoms with E-state index in [9.17, 15) is 13.2 Å². The Kier molecular flexibility index (Phi) is 4.12. The van der Waals surface area contributed by atoms with Gasteiger partial charge >= 0.3 is 0 Å². The number of hydrogen-bond acceptors (Lipinski definition) is 5. The molecule has 1 aliphatic rings. The number of aryl methyl sites for hydroxylation is 1. The lowest BCUT2D eigenvalue weighted by atomic mass is 10.2. The van der Waals surface area contributed by atoms with Crippen LogP contribution in [0.4, 0.5) is 11.4 Å². The Balaban J connectivity index is 1.68. The molecule has 3 aromatic rings. The monoisotopic (exact) mass is 403 g/mol. The topological polar surface area (TPSA) is 106 Å². The van der Waals surface area contributed by atoms with Crippen LogP contribution in [0.1, 0.15) is 5.56 Å². The van der Waals surface area contributed by atoms with Crippen LogP contribution in [0.5, 0.6) is 0 Å². The van der Waals surface area contributed by atoms with Gasteiger partial charge in [0.25, 0.3) is 10.0 Å². The Morgan fingerprint density at radius 2 is 2.07 bits per heavy atom. The molecule has 2 heterocycles. The molecule has 0 atom stereocenters. The van der Waals surface area contributed by atoms with Gasteiger partial charge in [-0.05, 0) is 29.8 Å². The number of nitrogens with one attached hydrogen (secondary N) is 2. The standard InChI is InChI=1S/C17H14ClN5O3S/c1-23-9-19-21-17(23)10-3-2-4-12(5-10)22-27(25,26)15-6-11-7-16(24)20-14(11)8-13(15)18/h2-6,8-9,22H,7H2,1H3,(H,20,24). The van der Waals surface area contributed by atoms with Crippen LogP contribution >= 0.6 is 11.6 Å². The zero-order chi connectivity index (χ0) is 19.2. The molecule has 1 amide bonds. The second kappa shape index (κ2) is 6.36. The minimum atomic E-state index is -3.94. The molecule has 2 aromatic carbocycles. The average Bonchev–Trinajstić information content (AvgIpc) is 3.18. The molecule has 8 nitrogen and oxygen atoms in total. The van der Waals surface area contributed by atoms with Crippen molar-refractivity contribution in [3.8, 4) is 11.4 Å². The number of carbonyl (C=O) groups is 1. The molecule has 27 heavy (non-hydrogen) atoms. The Bertz CT molecular complexity index is 1170. The first-order valence-electron chi connectivity index (χ1n) is 7.93. The zero-order valence-corrected chi connectivity index (χ0v) is 15.7. The largest absolute Gasteiger partial charge is 0.325 e. The van der Waals surface area contributed by atoms with E-state index in [0.29, 0.717) is 28.3 Å². The molecule has 138 valence electrons. The van der Waals surface area contributed by atoms with Gasteiger partial charge in [0, 0.05) is 24.0 Å². The Morgan fingerprint density at radius 1 is 1.26 bits per heavy atom. The van der Waals surface area contributed by atoms with E-state index in [2.05, 4.69) is 20.2 Å². The van der Waals surface area contributed by atoms with Gasteiger partial charge in [-0.1, -0.05) is 23.7 Å². The van der Waals surface area contributed by atoms with E-state index < -0.39 is 10.0 Å². The highest BCUT2D eigenvalue weighted by atomic mass is 35.5. The Morgan fingerprint density at radius 3 is 2.81 bits per heavy atom. The number of benzene rings is 2. The third-order valence-electron chi connectivity index (χ3n) is 4.16. The summed E-state index contributed by atoms with van der Waals surface area (Å²) in [5, 5.41) is 10.5.